The lowest BCUT2D eigenvalue weighted by atomic mass is 9.77. The Balaban J connectivity index is 1.72. The largest absolute Gasteiger partial charge is 0.497 e. The van der Waals surface area contributed by atoms with E-state index in [1.54, 1.807) is 30.2 Å². The van der Waals surface area contributed by atoms with Crippen LogP contribution >= 0.6 is 0 Å². The van der Waals surface area contributed by atoms with E-state index in [4.69, 9.17) is 14.2 Å². The Morgan fingerprint density at radius 3 is 2.59 bits per heavy atom. The van der Waals surface area contributed by atoms with Gasteiger partial charge in [-0.05, 0) is 48.7 Å². The summed E-state index contributed by atoms with van der Waals surface area (Å²) in [7, 11) is 3.06. The van der Waals surface area contributed by atoms with Gasteiger partial charge in [0, 0.05) is 36.2 Å². The predicted molar refractivity (Wildman–Crippen MR) is 165 cm³/mol. The number of fused-ring (bicyclic) bond motifs is 3. The van der Waals surface area contributed by atoms with Crippen LogP contribution in [0.3, 0.4) is 0 Å². The van der Waals surface area contributed by atoms with Crippen LogP contribution in [0.25, 0.3) is 0 Å². The van der Waals surface area contributed by atoms with E-state index >= 15 is 0 Å². The molecular weight excluding hydrogens is 564 g/mol. The van der Waals surface area contributed by atoms with E-state index < -0.39 is 30.1 Å². The molecule has 4 rings (SSSR count). The first-order valence-corrected chi connectivity index (χ1v) is 15.4. The number of carbonyl (C=O) groups excluding carboxylic acids is 3. The molecule has 0 radical (unpaired) electrons. The quantitative estimate of drug-likeness (QED) is 0.195. The van der Waals surface area contributed by atoms with Crippen LogP contribution in [-0.2, 0) is 16.0 Å². The summed E-state index contributed by atoms with van der Waals surface area (Å²) in [5.41, 5.74) is 2.15. The van der Waals surface area contributed by atoms with Crippen LogP contribution in [0.1, 0.15) is 72.9 Å². The van der Waals surface area contributed by atoms with Crippen molar-refractivity contribution in [3.63, 3.8) is 0 Å². The number of nitrogens with zero attached hydrogens (tertiary/aromatic N) is 1. The fourth-order valence-corrected chi connectivity index (χ4v) is 6.10. The van der Waals surface area contributed by atoms with E-state index in [-0.39, 0.29) is 19.1 Å². The molecule has 2 aromatic rings. The molecule has 2 aromatic carbocycles. The first kappa shape index (κ1) is 33.0. The number of methoxy groups -OCH3 is 2. The molecule has 238 valence electrons. The number of rotatable bonds is 16. The average Bonchev–Trinajstić information content (AvgIpc) is 3.44. The minimum atomic E-state index is -1.18. The third-order valence-corrected chi connectivity index (χ3v) is 8.36. The van der Waals surface area contributed by atoms with Crippen molar-refractivity contribution >= 4 is 18.1 Å². The third-order valence-electron chi connectivity index (χ3n) is 8.36. The molecule has 0 fully saturated rings. The van der Waals surface area contributed by atoms with Crippen molar-refractivity contribution in [2.24, 2.45) is 0 Å². The highest BCUT2D eigenvalue weighted by molar-refractivity contribution is 5.96. The maximum atomic E-state index is 13.8. The second-order valence-corrected chi connectivity index (χ2v) is 11.3. The van der Waals surface area contributed by atoms with Crippen molar-refractivity contribution in [3.05, 3.63) is 64.7 Å². The van der Waals surface area contributed by atoms with Gasteiger partial charge >= 0.3 is 0 Å². The highest BCUT2D eigenvalue weighted by Crippen LogP contribution is 2.51. The standard InChI is InChI=1S/C34H44N2O8/c1-4-5-6-7-8-12-29(39)36(15-13-22-10-9-11-24(17-22)42-2)27-20-26(34(41)35-14-16-37)30-25-18-23(21-38)19-28(43-3)32(25)44-33(30)31(27)40/h9-11,17-21,27,30-31,33,37,40H,4-8,12-16H2,1-3H3,(H,35,41). The van der Waals surface area contributed by atoms with Gasteiger partial charge < -0.3 is 34.6 Å². The number of aliphatic hydroxyl groups excluding tert-OH is 2. The molecule has 44 heavy (non-hydrogen) atoms. The minimum absolute atomic E-state index is 0.0302. The number of carbonyl (C=O) groups is 3. The van der Waals surface area contributed by atoms with Gasteiger partial charge in [-0.15, -0.1) is 0 Å². The number of aliphatic hydroxyl groups is 2. The Labute approximate surface area is 259 Å². The van der Waals surface area contributed by atoms with E-state index in [0.29, 0.717) is 59.6 Å². The topological polar surface area (TPSA) is 135 Å². The smallest absolute Gasteiger partial charge is 0.247 e. The molecule has 4 unspecified atom stereocenters. The molecule has 10 nitrogen and oxygen atoms in total. The molecule has 2 aliphatic rings. The van der Waals surface area contributed by atoms with Crippen LogP contribution in [0.15, 0.2) is 48.0 Å². The van der Waals surface area contributed by atoms with Gasteiger partial charge in [0.25, 0.3) is 0 Å². The van der Waals surface area contributed by atoms with Gasteiger partial charge in [-0.2, -0.15) is 0 Å². The highest BCUT2D eigenvalue weighted by Gasteiger charge is 2.51. The molecule has 0 spiro atoms. The van der Waals surface area contributed by atoms with Gasteiger partial charge in [-0.25, -0.2) is 0 Å². The van der Waals surface area contributed by atoms with E-state index in [1.807, 2.05) is 24.3 Å². The molecule has 0 aromatic heterocycles. The summed E-state index contributed by atoms with van der Waals surface area (Å²) in [6.45, 7) is 2.22. The fraction of sp³-hybridized carbons (Fsp3) is 0.500. The number of ether oxygens (including phenoxy) is 3. The maximum Gasteiger partial charge on any atom is 0.247 e. The van der Waals surface area contributed by atoms with Crippen molar-refractivity contribution in [2.45, 2.75) is 76.0 Å². The first-order chi connectivity index (χ1) is 21.4. The lowest BCUT2D eigenvalue weighted by Crippen LogP contribution is -2.56. The lowest BCUT2D eigenvalue weighted by molar-refractivity contribution is -0.137. The lowest BCUT2D eigenvalue weighted by Gasteiger charge is -2.41. The molecular formula is C34H44N2O8. The van der Waals surface area contributed by atoms with Gasteiger partial charge in [0.05, 0.1) is 32.8 Å². The highest BCUT2D eigenvalue weighted by atomic mass is 16.5. The maximum absolute atomic E-state index is 13.8. The Morgan fingerprint density at radius 2 is 1.89 bits per heavy atom. The molecule has 1 aliphatic heterocycles. The van der Waals surface area contributed by atoms with Crippen LogP contribution in [-0.4, -0.2) is 85.4 Å². The Kier molecular flexibility index (Phi) is 11.8. The Morgan fingerprint density at radius 1 is 1.09 bits per heavy atom. The summed E-state index contributed by atoms with van der Waals surface area (Å²) in [5.74, 6) is 0.0930. The number of benzene rings is 2. The van der Waals surface area contributed by atoms with Gasteiger partial charge in [0.2, 0.25) is 11.8 Å². The summed E-state index contributed by atoms with van der Waals surface area (Å²) in [6, 6.07) is 9.95. The van der Waals surface area contributed by atoms with Crippen molar-refractivity contribution in [1.29, 1.82) is 0 Å². The van der Waals surface area contributed by atoms with Gasteiger partial charge in [-0.3, -0.25) is 14.4 Å². The van der Waals surface area contributed by atoms with Crippen molar-refractivity contribution in [1.82, 2.24) is 10.2 Å². The molecule has 3 N–H and O–H groups in total. The zero-order chi connectivity index (χ0) is 31.6. The molecule has 0 saturated heterocycles. The van der Waals surface area contributed by atoms with E-state index in [9.17, 15) is 24.6 Å². The molecule has 0 bridgehead atoms. The first-order valence-electron chi connectivity index (χ1n) is 15.4. The molecule has 1 heterocycles. The summed E-state index contributed by atoms with van der Waals surface area (Å²) >= 11 is 0. The van der Waals surface area contributed by atoms with Crippen LogP contribution in [0.2, 0.25) is 0 Å². The van der Waals surface area contributed by atoms with Crippen LogP contribution in [0, 0.1) is 0 Å². The van der Waals surface area contributed by atoms with E-state index in [1.165, 1.54) is 7.11 Å². The number of hydrogen-bond donors (Lipinski definition) is 3. The molecule has 4 atom stereocenters. The van der Waals surface area contributed by atoms with Crippen molar-refractivity contribution in [3.8, 4) is 17.2 Å². The summed E-state index contributed by atoms with van der Waals surface area (Å²) in [5, 5.41) is 24.0. The van der Waals surface area contributed by atoms with Crippen LogP contribution < -0.4 is 19.5 Å². The molecule has 0 saturated carbocycles. The third kappa shape index (κ3) is 7.42. The zero-order valence-electron chi connectivity index (χ0n) is 25.8. The minimum Gasteiger partial charge on any atom is -0.497 e. The average molecular weight is 609 g/mol. The normalized spacial score (nSPS) is 20.1. The van der Waals surface area contributed by atoms with Crippen molar-refractivity contribution in [2.75, 3.05) is 33.9 Å². The molecule has 2 amide bonds. The monoisotopic (exact) mass is 608 g/mol. The number of unbranched alkanes of at least 4 members (excludes halogenated alkanes) is 4. The van der Waals surface area contributed by atoms with Gasteiger partial charge in [-0.1, -0.05) is 44.7 Å². The van der Waals surface area contributed by atoms with Gasteiger partial charge in [0.15, 0.2) is 11.5 Å². The van der Waals surface area contributed by atoms with E-state index in [0.717, 1.165) is 37.7 Å². The van der Waals surface area contributed by atoms with Gasteiger partial charge in [0.1, 0.15) is 24.2 Å². The second-order valence-electron chi connectivity index (χ2n) is 11.3. The fourth-order valence-electron chi connectivity index (χ4n) is 6.10. The van der Waals surface area contributed by atoms with E-state index in [2.05, 4.69) is 12.2 Å². The summed E-state index contributed by atoms with van der Waals surface area (Å²) in [4.78, 5) is 40.8. The number of hydrogen-bond acceptors (Lipinski definition) is 8. The predicted octanol–water partition coefficient (Wildman–Crippen LogP) is 3.57. The Hall–Kier alpha value is -3.89. The summed E-state index contributed by atoms with van der Waals surface area (Å²) in [6.07, 6.45) is 5.99. The zero-order valence-corrected chi connectivity index (χ0v) is 25.8. The van der Waals surface area contributed by atoms with Crippen molar-refractivity contribution < 1.29 is 38.8 Å². The van der Waals surface area contributed by atoms with Crippen LogP contribution in [0.5, 0.6) is 17.2 Å². The summed E-state index contributed by atoms with van der Waals surface area (Å²) < 4.78 is 17.2. The number of amides is 2. The molecule has 1 aliphatic carbocycles. The number of aldehydes is 1. The SMILES string of the molecule is CCCCCCCC(=O)N(CCc1cccc(OC)c1)C1C=C(C(=O)NCCO)C2c3cc(C=O)cc(OC)c3OC2C1O. The second kappa shape index (κ2) is 15.7. The number of nitrogens with one attached hydrogen (secondary N) is 1. The molecule has 10 heteroatoms. The Bertz CT molecular complexity index is 1340. The van der Waals surface area contributed by atoms with Crippen LogP contribution in [0.4, 0.5) is 0 Å².